The SMILES string of the molecule is C[C@@H](Oc1ccc(S(=O)(=O)N2CCCC2)cc1[N+](=O)[O-])c1ccc(F)cc1. The average molecular weight is 394 g/mol. The number of hydrogen-bond acceptors (Lipinski definition) is 5. The summed E-state index contributed by atoms with van der Waals surface area (Å²) in [7, 11) is -3.77. The Morgan fingerprint density at radius 2 is 1.78 bits per heavy atom. The minimum Gasteiger partial charge on any atom is -0.479 e. The Kier molecular flexibility index (Phi) is 5.43. The van der Waals surface area contributed by atoms with Crippen LogP contribution in [0.3, 0.4) is 0 Å². The van der Waals surface area contributed by atoms with E-state index in [9.17, 15) is 22.9 Å². The maximum absolute atomic E-state index is 13.0. The Morgan fingerprint density at radius 1 is 1.15 bits per heavy atom. The van der Waals surface area contributed by atoms with Crippen LogP contribution in [0.5, 0.6) is 5.75 Å². The Hall–Kier alpha value is -2.52. The van der Waals surface area contributed by atoms with Crippen molar-refractivity contribution in [3.8, 4) is 5.75 Å². The van der Waals surface area contributed by atoms with Crippen molar-refractivity contribution < 1.29 is 22.5 Å². The van der Waals surface area contributed by atoms with Gasteiger partial charge in [0.05, 0.1) is 9.82 Å². The lowest BCUT2D eigenvalue weighted by molar-refractivity contribution is -0.386. The van der Waals surface area contributed by atoms with E-state index in [4.69, 9.17) is 4.74 Å². The fraction of sp³-hybridized carbons (Fsp3) is 0.333. The van der Waals surface area contributed by atoms with E-state index in [0.717, 1.165) is 18.9 Å². The summed E-state index contributed by atoms with van der Waals surface area (Å²) in [6.45, 7) is 2.50. The van der Waals surface area contributed by atoms with E-state index in [1.165, 1.54) is 40.7 Å². The molecule has 1 aliphatic rings. The van der Waals surface area contributed by atoms with Crippen LogP contribution >= 0.6 is 0 Å². The molecule has 1 aliphatic heterocycles. The van der Waals surface area contributed by atoms with Crippen molar-refractivity contribution in [2.45, 2.75) is 30.8 Å². The van der Waals surface area contributed by atoms with Gasteiger partial charge in [0.2, 0.25) is 10.0 Å². The minimum atomic E-state index is -3.77. The van der Waals surface area contributed by atoms with Gasteiger partial charge in [0.1, 0.15) is 11.9 Å². The zero-order chi connectivity index (χ0) is 19.6. The summed E-state index contributed by atoms with van der Waals surface area (Å²) in [5.41, 5.74) is 0.212. The molecule has 0 N–H and O–H groups in total. The van der Waals surface area contributed by atoms with Gasteiger partial charge in [0.25, 0.3) is 0 Å². The molecule has 2 aromatic rings. The van der Waals surface area contributed by atoms with Gasteiger partial charge < -0.3 is 4.74 Å². The van der Waals surface area contributed by atoms with Crippen LogP contribution < -0.4 is 4.74 Å². The van der Waals surface area contributed by atoms with E-state index >= 15 is 0 Å². The van der Waals surface area contributed by atoms with Gasteiger partial charge in [-0.1, -0.05) is 12.1 Å². The summed E-state index contributed by atoms with van der Waals surface area (Å²) >= 11 is 0. The van der Waals surface area contributed by atoms with Crippen LogP contribution in [0.15, 0.2) is 47.4 Å². The van der Waals surface area contributed by atoms with Crippen molar-refractivity contribution in [1.82, 2.24) is 4.31 Å². The van der Waals surface area contributed by atoms with Crippen molar-refractivity contribution in [3.63, 3.8) is 0 Å². The van der Waals surface area contributed by atoms with Crippen LogP contribution in [0.4, 0.5) is 10.1 Å². The van der Waals surface area contributed by atoms with Crippen LogP contribution in [0.1, 0.15) is 31.4 Å². The minimum absolute atomic E-state index is 0.0443. The number of sulfonamides is 1. The van der Waals surface area contributed by atoms with Crippen LogP contribution in [0.25, 0.3) is 0 Å². The van der Waals surface area contributed by atoms with Gasteiger partial charge in [-0.05, 0) is 49.6 Å². The maximum atomic E-state index is 13.0. The van der Waals surface area contributed by atoms with Crippen molar-refractivity contribution in [1.29, 1.82) is 0 Å². The quantitative estimate of drug-likeness (QED) is 0.551. The molecule has 0 unspecified atom stereocenters. The Labute approximate surface area is 156 Å². The number of halogens is 1. The first-order valence-electron chi connectivity index (χ1n) is 8.50. The topological polar surface area (TPSA) is 89.8 Å². The smallest absolute Gasteiger partial charge is 0.312 e. The molecule has 0 bridgehead atoms. The summed E-state index contributed by atoms with van der Waals surface area (Å²) in [5, 5.41) is 11.5. The molecule has 27 heavy (non-hydrogen) atoms. The highest BCUT2D eigenvalue weighted by molar-refractivity contribution is 7.89. The highest BCUT2D eigenvalue weighted by Gasteiger charge is 2.30. The van der Waals surface area contributed by atoms with Gasteiger partial charge in [-0.2, -0.15) is 4.31 Å². The largest absolute Gasteiger partial charge is 0.479 e. The van der Waals surface area contributed by atoms with E-state index in [-0.39, 0.29) is 10.6 Å². The van der Waals surface area contributed by atoms with Crippen LogP contribution in [0, 0.1) is 15.9 Å². The summed E-state index contributed by atoms with van der Waals surface area (Å²) in [6.07, 6.45) is 0.973. The summed E-state index contributed by atoms with van der Waals surface area (Å²) in [6, 6.07) is 9.23. The van der Waals surface area contributed by atoms with Crippen LogP contribution in [-0.2, 0) is 10.0 Å². The monoisotopic (exact) mass is 394 g/mol. The molecule has 0 amide bonds. The van der Waals surface area contributed by atoms with Gasteiger partial charge in [0, 0.05) is 19.2 Å². The molecule has 0 radical (unpaired) electrons. The molecule has 1 saturated heterocycles. The number of nitro benzene ring substituents is 1. The molecular weight excluding hydrogens is 375 g/mol. The lowest BCUT2D eigenvalue weighted by Gasteiger charge is -2.17. The number of hydrogen-bond donors (Lipinski definition) is 0. The molecule has 1 fully saturated rings. The van der Waals surface area contributed by atoms with Gasteiger partial charge in [-0.3, -0.25) is 10.1 Å². The third kappa shape index (κ3) is 4.09. The van der Waals surface area contributed by atoms with Crippen LogP contribution in [0.2, 0.25) is 0 Å². The molecule has 144 valence electrons. The molecule has 0 saturated carbocycles. The lowest BCUT2D eigenvalue weighted by atomic mass is 10.1. The summed E-state index contributed by atoms with van der Waals surface area (Å²) in [5.74, 6) is -0.439. The number of nitrogens with zero attached hydrogens (tertiary/aromatic N) is 2. The predicted octanol–water partition coefficient (Wildman–Crippen LogP) is 3.66. The van der Waals surface area contributed by atoms with Gasteiger partial charge in [-0.25, -0.2) is 12.8 Å². The van der Waals surface area contributed by atoms with E-state index in [1.54, 1.807) is 6.92 Å². The van der Waals surface area contributed by atoms with Gasteiger partial charge in [-0.15, -0.1) is 0 Å². The standard InChI is InChI=1S/C18H19FN2O5S/c1-13(14-4-6-15(19)7-5-14)26-18-9-8-16(12-17(18)21(22)23)27(24,25)20-10-2-3-11-20/h4-9,12-13H,2-3,10-11H2,1H3/t13-/m1/s1. The summed E-state index contributed by atoms with van der Waals surface area (Å²) in [4.78, 5) is 10.7. The number of benzene rings is 2. The molecule has 1 atom stereocenters. The molecule has 7 nitrogen and oxygen atoms in total. The molecule has 3 rings (SSSR count). The van der Waals surface area contributed by atoms with Crippen LogP contribution in [-0.4, -0.2) is 30.7 Å². The highest BCUT2D eigenvalue weighted by Crippen LogP contribution is 2.34. The van der Waals surface area contributed by atoms with Gasteiger partial charge in [0.15, 0.2) is 5.75 Å². The highest BCUT2D eigenvalue weighted by atomic mass is 32.2. The molecule has 9 heteroatoms. The first-order valence-corrected chi connectivity index (χ1v) is 9.94. The van der Waals surface area contributed by atoms with Crippen molar-refractivity contribution in [2.24, 2.45) is 0 Å². The second kappa shape index (κ2) is 7.61. The van der Waals surface area contributed by atoms with Crippen molar-refractivity contribution in [3.05, 3.63) is 64.0 Å². The fourth-order valence-corrected chi connectivity index (χ4v) is 4.51. The summed E-state index contributed by atoms with van der Waals surface area (Å²) < 4.78 is 45.3. The molecule has 1 heterocycles. The first-order chi connectivity index (χ1) is 12.8. The van der Waals surface area contributed by atoms with E-state index in [2.05, 4.69) is 0 Å². The normalized spacial score (nSPS) is 16.2. The molecule has 0 spiro atoms. The Bertz CT molecular complexity index is 941. The molecular formula is C18H19FN2O5S. The lowest BCUT2D eigenvalue weighted by Crippen LogP contribution is -2.27. The molecule has 2 aromatic carbocycles. The second-order valence-electron chi connectivity index (χ2n) is 6.31. The maximum Gasteiger partial charge on any atom is 0.312 e. The predicted molar refractivity (Wildman–Crippen MR) is 96.5 cm³/mol. The van der Waals surface area contributed by atoms with Crippen molar-refractivity contribution >= 4 is 15.7 Å². The number of rotatable bonds is 6. The zero-order valence-electron chi connectivity index (χ0n) is 14.7. The Morgan fingerprint density at radius 3 is 2.37 bits per heavy atom. The number of ether oxygens (including phenoxy) is 1. The van der Waals surface area contributed by atoms with E-state index in [0.29, 0.717) is 18.7 Å². The Balaban J connectivity index is 1.90. The van der Waals surface area contributed by atoms with Gasteiger partial charge >= 0.3 is 5.69 Å². The first kappa shape index (κ1) is 19.2. The van der Waals surface area contributed by atoms with E-state index < -0.39 is 32.6 Å². The number of nitro groups is 1. The fourth-order valence-electron chi connectivity index (χ4n) is 2.97. The molecule has 0 aliphatic carbocycles. The zero-order valence-corrected chi connectivity index (χ0v) is 15.5. The third-order valence-corrected chi connectivity index (χ3v) is 6.37. The average Bonchev–Trinajstić information content (AvgIpc) is 3.17. The van der Waals surface area contributed by atoms with E-state index in [1.807, 2.05) is 0 Å². The molecule has 0 aromatic heterocycles. The second-order valence-corrected chi connectivity index (χ2v) is 8.25. The van der Waals surface area contributed by atoms with Crippen molar-refractivity contribution in [2.75, 3.05) is 13.1 Å². The third-order valence-electron chi connectivity index (χ3n) is 4.47.